The van der Waals surface area contributed by atoms with Gasteiger partial charge in [0.05, 0.1) is 0 Å². The van der Waals surface area contributed by atoms with Crippen molar-refractivity contribution in [3.63, 3.8) is 0 Å². The van der Waals surface area contributed by atoms with Crippen LogP contribution in [0.3, 0.4) is 0 Å². The Morgan fingerprint density at radius 1 is 0.875 bits per heavy atom. The second-order valence-corrected chi connectivity index (χ2v) is 6.04. The number of anilines is 3. The topological polar surface area (TPSA) is 62.7 Å². The van der Waals surface area contributed by atoms with Gasteiger partial charge >= 0.3 is 0 Å². The van der Waals surface area contributed by atoms with Crippen LogP contribution in [0.2, 0.25) is 5.02 Å². The van der Waals surface area contributed by atoms with E-state index in [4.69, 9.17) is 11.6 Å². The van der Waals surface area contributed by atoms with Crippen LogP contribution in [0.4, 0.5) is 17.6 Å². The zero-order chi connectivity index (χ0) is 16.9. The van der Waals surface area contributed by atoms with Crippen LogP contribution in [0, 0.1) is 0 Å². The quantitative estimate of drug-likeness (QED) is 0.702. The van der Waals surface area contributed by atoms with Gasteiger partial charge in [0.15, 0.2) is 5.82 Å². The van der Waals surface area contributed by atoms with Crippen molar-refractivity contribution in [2.45, 2.75) is 19.9 Å². The largest absolute Gasteiger partial charge is 0.352 e. The Bertz CT molecular complexity index is 821. The SMILES string of the molecule is CC(C)Nc1nc(Nc2cccc(Cl)c2)nc(-c2ccccc2)n1. The van der Waals surface area contributed by atoms with E-state index in [1.54, 1.807) is 0 Å². The molecule has 0 amide bonds. The summed E-state index contributed by atoms with van der Waals surface area (Å²) in [5.74, 6) is 1.61. The number of rotatable bonds is 5. The first-order chi connectivity index (χ1) is 11.6. The minimum atomic E-state index is 0.218. The van der Waals surface area contributed by atoms with Gasteiger partial charge in [0.1, 0.15) is 0 Å². The monoisotopic (exact) mass is 339 g/mol. The summed E-state index contributed by atoms with van der Waals surface area (Å²) >= 11 is 6.03. The third-order valence-corrected chi connectivity index (χ3v) is 3.40. The molecular formula is C18H18ClN5. The van der Waals surface area contributed by atoms with E-state index in [9.17, 15) is 0 Å². The van der Waals surface area contributed by atoms with Crippen molar-refractivity contribution in [3.05, 3.63) is 59.6 Å². The fraction of sp³-hybridized carbons (Fsp3) is 0.167. The molecule has 0 fully saturated rings. The van der Waals surface area contributed by atoms with Gasteiger partial charge in [0.25, 0.3) is 0 Å². The number of benzene rings is 2. The lowest BCUT2D eigenvalue weighted by atomic mass is 10.2. The van der Waals surface area contributed by atoms with E-state index >= 15 is 0 Å². The third kappa shape index (κ3) is 4.20. The lowest BCUT2D eigenvalue weighted by molar-refractivity contribution is 0.869. The molecule has 122 valence electrons. The van der Waals surface area contributed by atoms with Gasteiger partial charge in [-0.15, -0.1) is 0 Å². The number of aromatic nitrogens is 3. The minimum absolute atomic E-state index is 0.218. The van der Waals surface area contributed by atoms with Crippen molar-refractivity contribution >= 4 is 29.2 Å². The Kier molecular flexibility index (Phi) is 4.91. The van der Waals surface area contributed by atoms with E-state index in [-0.39, 0.29) is 6.04 Å². The molecular weight excluding hydrogens is 322 g/mol. The van der Waals surface area contributed by atoms with Crippen molar-refractivity contribution in [2.75, 3.05) is 10.6 Å². The summed E-state index contributed by atoms with van der Waals surface area (Å²) in [6.07, 6.45) is 0. The molecule has 24 heavy (non-hydrogen) atoms. The molecule has 3 rings (SSSR count). The number of nitrogens with one attached hydrogen (secondary N) is 2. The number of nitrogens with zero attached hydrogens (tertiary/aromatic N) is 3. The van der Waals surface area contributed by atoms with Crippen molar-refractivity contribution < 1.29 is 0 Å². The number of hydrogen-bond acceptors (Lipinski definition) is 5. The van der Waals surface area contributed by atoms with Gasteiger partial charge in [0, 0.05) is 22.3 Å². The standard InChI is InChI=1S/C18H18ClN5/c1-12(2)20-17-22-16(13-7-4-3-5-8-13)23-18(24-17)21-15-10-6-9-14(19)11-15/h3-12H,1-2H3,(H2,20,21,22,23,24). The smallest absolute Gasteiger partial charge is 0.232 e. The molecule has 1 heterocycles. The molecule has 0 aliphatic rings. The maximum atomic E-state index is 6.03. The Morgan fingerprint density at radius 2 is 1.62 bits per heavy atom. The van der Waals surface area contributed by atoms with Gasteiger partial charge in [-0.1, -0.05) is 48.0 Å². The maximum Gasteiger partial charge on any atom is 0.232 e. The van der Waals surface area contributed by atoms with E-state index in [2.05, 4.69) is 25.6 Å². The van der Waals surface area contributed by atoms with Gasteiger partial charge in [-0.3, -0.25) is 0 Å². The zero-order valence-corrected chi connectivity index (χ0v) is 14.2. The predicted molar refractivity (Wildman–Crippen MR) is 98.8 cm³/mol. The number of hydrogen-bond donors (Lipinski definition) is 2. The highest BCUT2D eigenvalue weighted by atomic mass is 35.5. The van der Waals surface area contributed by atoms with Crippen molar-refractivity contribution in [3.8, 4) is 11.4 Å². The predicted octanol–water partition coefficient (Wildman–Crippen LogP) is 4.76. The Hall–Kier alpha value is -2.66. The van der Waals surface area contributed by atoms with E-state index in [1.165, 1.54) is 0 Å². The highest BCUT2D eigenvalue weighted by molar-refractivity contribution is 6.30. The second-order valence-electron chi connectivity index (χ2n) is 5.61. The van der Waals surface area contributed by atoms with Crippen molar-refractivity contribution in [2.24, 2.45) is 0 Å². The molecule has 0 saturated carbocycles. The van der Waals surface area contributed by atoms with Crippen LogP contribution in [-0.4, -0.2) is 21.0 Å². The van der Waals surface area contributed by atoms with E-state index in [1.807, 2.05) is 68.4 Å². The van der Waals surface area contributed by atoms with Crippen LogP contribution in [-0.2, 0) is 0 Å². The molecule has 0 unspecified atom stereocenters. The molecule has 0 radical (unpaired) electrons. The molecule has 0 spiro atoms. The zero-order valence-electron chi connectivity index (χ0n) is 13.5. The fourth-order valence-corrected chi connectivity index (χ4v) is 2.36. The molecule has 6 heteroatoms. The molecule has 2 aromatic carbocycles. The Morgan fingerprint density at radius 3 is 2.33 bits per heavy atom. The van der Waals surface area contributed by atoms with Crippen LogP contribution < -0.4 is 10.6 Å². The molecule has 0 aliphatic heterocycles. The Labute approximate surface area is 146 Å². The van der Waals surface area contributed by atoms with Crippen LogP contribution in [0.1, 0.15) is 13.8 Å². The summed E-state index contributed by atoms with van der Waals surface area (Å²) in [7, 11) is 0. The Balaban J connectivity index is 1.98. The summed E-state index contributed by atoms with van der Waals surface area (Å²) in [6.45, 7) is 4.08. The first kappa shape index (κ1) is 16.2. The van der Waals surface area contributed by atoms with Crippen LogP contribution in [0.5, 0.6) is 0 Å². The van der Waals surface area contributed by atoms with Crippen LogP contribution >= 0.6 is 11.6 Å². The van der Waals surface area contributed by atoms with Crippen LogP contribution in [0.15, 0.2) is 54.6 Å². The lowest BCUT2D eigenvalue weighted by Gasteiger charge is -2.12. The summed E-state index contributed by atoms with van der Waals surface area (Å²) in [6, 6.07) is 17.5. The van der Waals surface area contributed by atoms with E-state index in [0.29, 0.717) is 22.7 Å². The van der Waals surface area contributed by atoms with Crippen molar-refractivity contribution in [1.29, 1.82) is 0 Å². The fourth-order valence-electron chi connectivity index (χ4n) is 2.17. The third-order valence-electron chi connectivity index (χ3n) is 3.17. The molecule has 5 nitrogen and oxygen atoms in total. The normalized spacial score (nSPS) is 10.7. The van der Waals surface area contributed by atoms with Crippen LogP contribution in [0.25, 0.3) is 11.4 Å². The highest BCUT2D eigenvalue weighted by Crippen LogP contribution is 2.22. The van der Waals surface area contributed by atoms with Gasteiger partial charge in [-0.2, -0.15) is 15.0 Å². The molecule has 0 atom stereocenters. The lowest BCUT2D eigenvalue weighted by Crippen LogP contribution is -2.14. The maximum absolute atomic E-state index is 6.03. The molecule has 0 aliphatic carbocycles. The average molecular weight is 340 g/mol. The summed E-state index contributed by atoms with van der Waals surface area (Å²) in [5, 5.41) is 7.06. The molecule has 2 N–H and O–H groups in total. The van der Waals surface area contributed by atoms with E-state index in [0.717, 1.165) is 11.3 Å². The van der Waals surface area contributed by atoms with Gasteiger partial charge in [0.2, 0.25) is 11.9 Å². The molecule has 1 aromatic heterocycles. The molecule has 3 aromatic rings. The summed E-state index contributed by atoms with van der Waals surface area (Å²) in [5.41, 5.74) is 1.75. The summed E-state index contributed by atoms with van der Waals surface area (Å²) < 4.78 is 0. The first-order valence-electron chi connectivity index (χ1n) is 7.71. The second kappa shape index (κ2) is 7.27. The van der Waals surface area contributed by atoms with Gasteiger partial charge in [-0.25, -0.2) is 0 Å². The molecule has 0 bridgehead atoms. The highest BCUT2D eigenvalue weighted by Gasteiger charge is 2.09. The van der Waals surface area contributed by atoms with Gasteiger partial charge in [-0.05, 0) is 32.0 Å². The minimum Gasteiger partial charge on any atom is -0.352 e. The average Bonchev–Trinajstić information content (AvgIpc) is 2.55. The van der Waals surface area contributed by atoms with Gasteiger partial charge < -0.3 is 10.6 Å². The summed E-state index contributed by atoms with van der Waals surface area (Å²) in [4.78, 5) is 13.5. The van der Waals surface area contributed by atoms with E-state index < -0.39 is 0 Å². The first-order valence-corrected chi connectivity index (χ1v) is 8.08. The molecule has 0 saturated heterocycles. The number of halogens is 1. The van der Waals surface area contributed by atoms with Crippen molar-refractivity contribution in [1.82, 2.24) is 15.0 Å².